The van der Waals surface area contributed by atoms with E-state index in [0.717, 1.165) is 6.26 Å². The Morgan fingerprint density at radius 2 is 2.04 bits per heavy atom. The van der Waals surface area contributed by atoms with Crippen molar-refractivity contribution >= 4 is 10.0 Å². The van der Waals surface area contributed by atoms with Gasteiger partial charge in [0.05, 0.1) is 11.7 Å². The molecule has 0 unspecified atom stereocenters. The van der Waals surface area contributed by atoms with Crippen molar-refractivity contribution in [1.29, 1.82) is 0 Å². The minimum absolute atomic E-state index is 0.0321. The molecule has 1 N–H and O–H groups in total. The SMILES string of the molecule is CCCN(Cc1ccc(C2(c3noc(=O)[nH]3)CCOCC2)cc1F)S(C)(=O)=O. The normalized spacial score (nSPS) is 17.1. The first-order valence-electron chi connectivity index (χ1n) is 9.14. The summed E-state index contributed by atoms with van der Waals surface area (Å²) >= 11 is 0. The van der Waals surface area contributed by atoms with Crippen molar-refractivity contribution in [2.45, 2.75) is 38.1 Å². The largest absolute Gasteiger partial charge is 0.438 e. The maximum absolute atomic E-state index is 14.9. The van der Waals surface area contributed by atoms with Crippen LogP contribution in [-0.2, 0) is 26.7 Å². The van der Waals surface area contributed by atoms with E-state index in [1.807, 2.05) is 6.92 Å². The Morgan fingerprint density at radius 3 is 2.57 bits per heavy atom. The van der Waals surface area contributed by atoms with Crippen LogP contribution in [0, 0.1) is 5.82 Å². The molecule has 1 saturated heterocycles. The van der Waals surface area contributed by atoms with E-state index in [0.29, 0.717) is 56.0 Å². The van der Waals surface area contributed by atoms with Gasteiger partial charge in [0.2, 0.25) is 10.0 Å². The molecule has 0 bridgehead atoms. The van der Waals surface area contributed by atoms with Gasteiger partial charge >= 0.3 is 5.76 Å². The number of halogens is 1. The molecule has 1 aliphatic rings. The Balaban J connectivity index is 1.96. The van der Waals surface area contributed by atoms with Gasteiger partial charge in [-0.05, 0) is 30.9 Å². The molecule has 0 amide bonds. The fourth-order valence-electron chi connectivity index (χ4n) is 3.59. The highest BCUT2D eigenvalue weighted by atomic mass is 32.2. The van der Waals surface area contributed by atoms with Crippen LogP contribution in [0.4, 0.5) is 4.39 Å². The van der Waals surface area contributed by atoms with Crippen molar-refractivity contribution in [2.24, 2.45) is 0 Å². The van der Waals surface area contributed by atoms with Crippen molar-refractivity contribution in [3.63, 3.8) is 0 Å². The zero-order valence-corrected chi connectivity index (χ0v) is 16.7. The van der Waals surface area contributed by atoms with E-state index in [2.05, 4.69) is 14.7 Å². The number of nitrogens with one attached hydrogen (secondary N) is 1. The van der Waals surface area contributed by atoms with Crippen LogP contribution in [-0.4, -0.2) is 48.9 Å². The second kappa shape index (κ2) is 8.14. The molecular formula is C18H24FN3O5S. The number of ether oxygens (including phenoxy) is 1. The molecule has 2 heterocycles. The quantitative estimate of drug-likeness (QED) is 0.742. The predicted octanol–water partition coefficient (Wildman–Crippen LogP) is 1.77. The van der Waals surface area contributed by atoms with Gasteiger partial charge in [0.25, 0.3) is 0 Å². The predicted molar refractivity (Wildman–Crippen MR) is 99.9 cm³/mol. The maximum Gasteiger partial charge on any atom is 0.438 e. The van der Waals surface area contributed by atoms with Gasteiger partial charge in [-0.25, -0.2) is 17.6 Å². The summed E-state index contributed by atoms with van der Waals surface area (Å²) in [7, 11) is -3.44. The van der Waals surface area contributed by atoms with Gasteiger partial charge in [0, 0.05) is 31.9 Å². The van der Waals surface area contributed by atoms with Crippen molar-refractivity contribution in [1.82, 2.24) is 14.4 Å². The van der Waals surface area contributed by atoms with Gasteiger partial charge in [-0.2, -0.15) is 4.31 Å². The minimum atomic E-state index is -3.44. The number of sulfonamides is 1. The molecular weight excluding hydrogens is 389 g/mol. The second-order valence-electron chi connectivity index (χ2n) is 7.04. The first-order chi connectivity index (χ1) is 13.3. The molecule has 0 saturated carbocycles. The average Bonchev–Trinajstić information content (AvgIpc) is 3.09. The van der Waals surface area contributed by atoms with Crippen LogP contribution in [0.15, 0.2) is 27.5 Å². The van der Waals surface area contributed by atoms with Gasteiger partial charge in [0.15, 0.2) is 5.82 Å². The highest BCUT2D eigenvalue weighted by molar-refractivity contribution is 7.88. The van der Waals surface area contributed by atoms with Crippen molar-refractivity contribution in [3.05, 3.63) is 51.5 Å². The molecule has 2 aromatic rings. The van der Waals surface area contributed by atoms with Gasteiger partial charge < -0.3 is 4.74 Å². The Hall–Kier alpha value is -2.04. The average molecular weight is 413 g/mol. The van der Waals surface area contributed by atoms with E-state index >= 15 is 0 Å². The summed E-state index contributed by atoms with van der Waals surface area (Å²) in [5.41, 5.74) is 0.213. The highest BCUT2D eigenvalue weighted by Gasteiger charge is 2.40. The molecule has 1 aromatic heterocycles. The minimum Gasteiger partial charge on any atom is -0.381 e. The Labute approximate surface area is 162 Å². The number of rotatable bonds is 7. The monoisotopic (exact) mass is 413 g/mol. The number of nitrogens with zero attached hydrogens (tertiary/aromatic N) is 2. The summed E-state index contributed by atoms with van der Waals surface area (Å²) in [5, 5.41) is 3.84. The van der Waals surface area contributed by atoms with Crippen LogP contribution in [0.25, 0.3) is 0 Å². The molecule has 28 heavy (non-hydrogen) atoms. The summed E-state index contributed by atoms with van der Waals surface area (Å²) < 4.78 is 50.1. The number of hydrogen-bond donors (Lipinski definition) is 1. The third-order valence-electron chi connectivity index (χ3n) is 5.13. The van der Waals surface area contributed by atoms with Gasteiger partial charge in [-0.15, -0.1) is 0 Å². The van der Waals surface area contributed by atoms with E-state index < -0.39 is 27.0 Å². The molecule has 8 nitrogen and oxygen atoms in total. The Bertz CT molecular complexity index is 979. The fourth-order valence-corrected chi connectivity index (χ4v) is 4.48. The molecule has 0 atom stereocenters. The van der Waals surface area contributed by atoms with E-state index in [-0.39, 0.29) is 6.54 Å². The highest BCUT2D eigenvalue weighted by Crippen LogP contribution is 2.39. The molecule has 10 heteroatoms. The van der Waals surface area contributed by atoms with E-state index in [1.54, 1.807) is 12.1 Å². The third kappa shape index (κ3) is 4.18. The van der Waals surface area contributed by atoms with Crippen LogP contribution < -0.4 is 5.76 Å². The zero-order chi connectivity index (χ0) is 20.4. The number of benzene rings is 1. The van der Waals surface area contributed by atoms with E-state index in [4.69, 9.17) is 4.74 Å². The summed E-state index contributed by atoms with van der Waals surface area (Å²) in [5.74, 6) is -0.822. The van der Waals surface area contributed by atoms with Crippen molar-refractivity contribution in [2.75, 3.05) is 26.0 Å². The lowest BCUT2D eigenvalue weighted by Gasteiger charge is -2.35. The smallest absolute Gasteiger partial charge is 0.381 e. The first-order valence-corrected chi connectivity index (χ1v) is 11.0. The summed E-state index contributed by atoms with van der Waals surface area (Å²) in [4.78, 5) is 14.0. The van der Waals surface area contributed by atoms with Gasteiger partial charge in [-0.3, -0.25) is 9.51 Å². The molecule has 1 fully saturated rings. The Kier molecular flexibility index (Phi) is 6.01. The van der Waals surface area contributed by atoms with Crippen LogP contribution >= 0.6 is 0 Å². The third-order valence-corrected chi connectivity index (χ3v) is 6.38. The van der Waals surface area contributed by atoms with Crippen LogP contribution in [0.1, 0.15) is 43.1 Å². The fraction of sp³-hybridized carbons (Fsp3) is 0.556. The molecule has 3 rings (SSSR count). The number of hydrogen-bond acceptors (Lipinski definition) is 6. The standard InChI is InChI=1S/C18H24FN3O5S/c1-3-8-22(28(2,24)25)12-13-4-5-14(11-15(13)19)18(6-9-26-10-7-18)16-20-17(23)27-21-16/h4-5,11H,3,6-10,12H2,1-2H3,(H,20,21,23). The van der Waals surface area contributed by atoms with Gasteiger partial charge in [-0.1, -0.05) is 24.2 Å². The van der Waals surface area contributed by atoms with E-state index in [9.17, 15) is 17.6 Å². The molecule has 0 radical (unpaired) electrons. The summed E-state index contributed by atoms with van der Waals surface area (Å²) in [6.07, 6.45) is 2.78. The number of aromatic nitrogens is 2. The topological polar surface area (TPSA) is 106 Å². The van der Waals surface area contributed by atoms with Crippen molar-refractivity contribution in [3.8, 4) is 0 Å². The molecule has 0 aliphatic carbocycles. The lowest BCUT2D eigenvalue weighted by molar-refractivity contribution is 0.0596. The molecule has 154 valence electrons. The second-order valence-corrected chi connectivity index (χ2v) is 9.02. The summed E-state index contributed by atoms with van der Waals surface area (Å²) in [6, 6.07) is 4.73. The molecule has 1 aromatic carbocycles. The van der Waals surface area contributed by atoms with Crippen LogP contribution in [0.3, 0.4) is 0 Å². The number of aromatic amines is 1. The van der Waals surface area contributed by atoms with Gasteiger partial charge in [0.1, 0.15) is 5.82 Å². The van der Waals surface area contributed by atoms with Crippen LogP contribution in [0.2, 0.25) is 0 Å². The molecule has 1 aliphatic heterocycles. The maximum atomic E-state index is 14.9. The van der Waals surface area contributed by atoms with Crippen molar-refractivity contribution < 1.29 is 22.1 Å². The molecule has 0 spiro atoms. The van der Waals surface area contributed by atoms with Crippen LogP contribution in [0.5, 0.6) is 0 Å². The zero-order valence-electron chi connectivity index (χ0n) is 15.9. The lowest BCUT2D eigenvalue weighted by atomic mass is 9.73. The summed E-state index contributed by atoms with van der Waals surface area (Å²) in [6.45, 7) is 3.04. The number of H-pyrrole nitrogens is 1. The lowest BCUT2D eigenvalue weighted by Crippen LogP contribution is -2.36. The Morgan fingerprint density at radius 1 is 1.32 bits per heavy atom. The van der Waals surface area contributed by atoms with E-state index in [1.165, 1.54) is 10.4 Å². The first kappa shape index (κ1) is 20.7.